The first-order chi connectivity index (χ1) is 49.6. The number of esters is 2. The number of nitrogens with zero attached hydrogens (tertiary/aromatic N) is 1. The van der Waals surface area contributed by atoms with E-state index in [9.17, 15) is 19.5 Å². The lowest BCUT2D eigenvalue weighted by Gasteiger charge is -2.25. The molecule has 0 spiro atoms. The van der Waals surface area contributed by atoms with Crippen molar-refractivity contribution in [3.8, 4) is 0 Å². The smallest absolute Gasteiger partial charge is 0.361 e. The average molecular weight is 1390 g/mol. The highest BCUT2D eigenvalue weighted by atomic mass is 16.7. The van der Waals surface area contributed by atoms with Crippen molar-refractivity contribution in [2.45, 2.75) is 257 Å². The second kappa shape index (κ2) is 78.5. The van der Waals surface area contributed by atoms with Gasteiger partial charge in [-0.2, -0.15) is 0 Å². The van der Waals surface area contributed by atoms with E-state index in [2.05, 4.69) is 269 Å². The summed E-state index contributed by atoms with van der Waals surface area (Å²) in [5.74, 6) is -2.08. The summed E-state index contributed by atoms with van der Waals surface area (Å²) < 4.78 is 22.9. The normalized spacial score (nSPS) is 14.1. The molecule has 9 nitrogen and oxygen atoms in total. The van der Waals surface area contributed by atoms with E-state index in [1.54, 1.807) is 0 Å². The number of carboxylic acids is 1. The Labute approximate surface area is 617 Å². The monoisotopic (exact) mass is 1390 g/mol. The largest absolute Gasteiger partial charge is 0.477 e. The second-order valence-electron chi connectivity index (χ2n) is 25.8. The van der Waals surface area contributed by atoms with E-state index in [1.807, 2.05) is 21.1 Å². The molecule has 560 valence electrons. The number of quaternary nitrogens is 1. The summed E-state index contributed by atoms with van der Waals surface area (Å²) in [5.41, 5.74) is 0. The van der Waals surface area contributed by atoms with E-state index in [-0.39, 0.29) is 38.6 Å². The van der Waals surface area contributed by atoms with Gasteiger partial charge in [0.05, 0.1) is 34.4 Å². The van der Waals surface area contributed by atoms with Gasteiger partial charge < -0.3 is 28.5 Å². The zero-order valence-electron chi connectivity index (χ0n) is 63.9. The summed E-state index contributed by atoms with van der Waals surface area (Å²) in [5, 5.41) is 9.77. The maximum atomic E-state index is 13.0. The van der Waals surface area contributed by atoms with E-state index in [1.165, 1.54) is 0 Å². The molecule has 9 heteroatoms. The number of likely N-dealkylation sites (N-methyl/N-ethyl adjacent to an activating group) is 1. The minimum atomic E-state index is -1.54. The van der Waals surface area contributed by atoms with Crippen LogP contribution in [0.25, 0.3) is 0 Å². The summed E-state index contributed by atoms with van der Waals surface area (Å²) in [6.45, 7) is 4.57. The van der Waals surface area contributed by atoms with Crippen LogP contribution >= 0.6 is 0 Å². The highest BCUT2D eigenvalue weighted by Crippen LogP contribution is 2.14. The summed E-state index contributed by atoms with van der Waals surface area (Å²) in [4.78, 5) is 37.7. The molecule has 0 aliphatic rings. The van der Waals surface area contributed by atoms with Crippen molar-refractivity contribution in [3.05, 3.63) is 255 Å². The van der Waals surface area contributed by atoms with Gasteiger partial charge in [-0.3, -0.25) is 9.59 Å². The maximum absolute atomic E-state index is 13.0. The Morgan fingerprint density at radius 3 is 0.792 bits per heavy atom. The topological polar surface area (TPSA) is 108 Å². The Hall–Kier alpha value is -7.17. The van der Waals surface area contributed by atoms with Gasteiger partial charge >= 0.3 is 17.9 Å². The second-order valence-corrected chi connectivity index (χ2v) is 25.8. The van der Waals surface area contributed by atoms with Crippen LogP contribution in [0.1, 0.15) is 245 Å². The Kier molecular flexibility index (Phi) is 73.0. The van der Waals surface area contributed by atoms with Crippen LogP contribution in [0.2, 0.25) is 0 Å². The zero-order valence-corrected chi connectivity index (χ0v) is 63.9. The molecule has 0 bridgehead atoms. The number of ether oxygens (including phenoxy) is 4. The molecule has 0 fully saturated rings. The van der Waals surface area contributed by atoms with Crippen LogP contribution < -0.4 is 0 Å². The molecule has 0 saturated carbocycles. The standard InChI is InChI=1S/C92H139NO8/c1-6-8-10-12-14-16-18-20-22-24-26-28-30-32-34-36-38-40-42-44-45-47-49-51-53-55-57-59-61-63-65-67-69-71-73-75-77-79-81-83-90(95)101-88(87-100-92(91(96)97)98-85-84-93(3,4)5)86-99-89(94)82-80-78-76-74-72-70-68-66-64-62-60-58-56-54-52-50-48-46-43-41-39-37-35-33-31-29-27-25-23-21-19-17-15-13-11-9-7-2/h8-11,14-17,20-23,26-29,32-35,38-41,44-46,48-49,51-52,54-55,57-58,60-61,63-64,66-67,69,88,92H,6-7,12-13,18-19,24-25,30-31,36-37,42-43,47,50,53,56,59,62,65,68,70-87H2,1-5H3/p+1/b10-8-,11-9-,16-14-,17-15-,22-20-,23-21-,28-26-,29-27-,34-32-,35-33-,40-38-,41-39-,45-44-,48-46-,51-49-,54-52-,57-55-,60-58-,63-61-,66-64-,69-67-. The molecule has 0 aromatic heterocycles. The van der Waals surface area contributed by atoms with Gasteiger partial charge in [-0.1, -0.05) is 314 Å². The van der Waals surface area contributed by atoms with Crippen molar-refractivity contribution < 1.29 is 42.9 Å². The molecule has 0 heterocycles. The Morgan fingerprint density at radius 1 is 0.297 bits per heavy atom. The Bertz CT molecular complexity index is 2620. The summed E-state index contributed by atoms with van der Waals surface area (Å²) in [6.07, 6.45) is 125. The van der Waals surface area contributed by atoms with Gasteiger partial charge in [0.2, 0.25) is 0 Å². The van der Waals surface area contributed by atoms with Crippen molar-refractivity contribution in [2.75, 3.05) is 47.5 Å². The number of carboxylic acid groups (broad SMARTS) is 1. The lowest BCUT2D eigenvalue weighted by Crippen LogP contribution is -2.40. The van der Waals surface area contributed by atoms with Crippen LogP contribution in [-0.4, -0.2) is 87.4 Å². The van der Waals surface area contributed by atoms with Gasteiger partial charge in [-0.25, -0.2) is 4.79 Å². The third-order valence-corrected chi connectivity index (χ3v) is 15.3. The molecule has 0 saturated heterocycles. The molecule has 2 unspecified atom stereocenters. The number of allylic oxidation sites excluding steroid dienone is 42. The molecule has 0 aliphatic carbocycles. The average Bonchev–Trinajstić information content (AvgIpc) is 1.21. The van der Waals surface area contributed by atoms with Crippen LogP contribution in [0.4, 0.5) is 0 Å². The Morgan fingerprint density at radius 2 is 0.535 bits per heavy atom. The third kappa shape index (κ3) is 80.0. The van der Waals surface area contributed by atoms with E-state index >= 15 is 0 Å². The van der Waals surface area contributed by atoms with Crippen molar-refractivity contribution in [3.63, 3.8) is 0 Å². The fraction of sp³-hybridized carbons (Fsp3) is 0.511. The van der Waals surface area contributed by atoms with Crippen molar-refractivity contribution in [1.29, 1.82) is 0 Å². The van der Waals surface area contributed by atoms with Gasteiger partial charge in [0.25, 0.3) is 6.29 Å². The summed E-state index contributed by atoms with van der Waals surface area (Å²) >= 11 is 0. The Balaban J connectivity index is 4.27. The molecule has 0 aliphatic heterocycles. The maximum Gasteiger partial charge on any atom is 0.361 e. The SMILES string of the molecule is CC/C=C\C/C=C\C/C=C\C/C=C\C/C=C\C/C=C\C/C=C\C/C=C\C/C=C\C/C=C\C/C=C\CCCCCCCC(=O)OC(COC(=O)CCCCCCCC/C=C\C/C=C\C/C=C\C/C=C\C/C=C\C/C=C\C/C=C\C/C=C\C/C=C\C/C=C\CC)COC(OCC[N+](C)(C)C)C(=O)O. The molecule has 0 amide bonds. The van der Waals surface area contributed by atoms with E-state index in [0.29, 0.717) is 23.9 Å². The highest BCUT2D eigenvalue weighted by molar-refractivity contribution is 5.71. The van der Waals surface area contributed by atoms with Gasteiger partial charge in [0.1, 0.15) is 13.2 Å². The van der Waals surface area contributed by atoms with Crippen LogP contribution in [0.5, 0.6) is 0 Å². The fourth-order valence-electron chi connectivity index (χ4n) is 9.46. The first kappa shape index (κ1) is 93.8. The van der Waals surface area contributed by atoms with Crippen LogP contribution in [-0.2, 0) is 33.3 Å². The number of hydrogen-bond donors (Lipinski definition) is 1. The number of aliphatic carboxylic acids is 1. The van der Waals surface area contributed by atoms with Crippen molar-refractivity contribution in [1.82, 2.24) is 0 Å². The minimum absolute atomic E-state index is 0.166. The summed E-state index contributed by atoms with van der Waals surface area (Å²) in [7, 11) is 5.95. The molecular formula is C92H140NO8+. The zero-order chi connectivity index (χ0) is 73.2. The number of unbranched alkanes of at least 4 members (excludes halogenated alkanes) is 11. The first-order valence-electron chi connectivity index (χ1n) is 38.8. The quantitative estimate of drug-likeness (QED) is 0.0211. The number of rotatable bonds is 68. The number of hydrogen-bond acceptors (Lipinski definition) is 7. The lowest BCUT2D eigenvalue weighted by molar-refractivity contribution is -0.870. The molecule has 0 rings (SSSR count). The highest BCUT2D eigenvalue weighted by Gasteiger charge is 2.25. The third-order valence-electron chi connectivity index (χ3n) is 15.3. The molecule has 0 radical (unpaired) electrons. The molecule has 2 atom stereocenters. The van der Waals surface area contributed by atoms with Crippen molar-refractivity contribution >= 4 is 17.9 Å². The number of carbonyl (C=O) groups is 3. The van der Waals surface area contributed by atoms with E-state index in [4.69, 9.17) is 18.9 Å². The predicted molar refractivity (Wildman–Crippen MR) is 437 cm³/mol. The molecule has 0 aromatic rings. The van der Waals surface area contributed by atoms with Gasteiger partial charge in [0.15, 0.2) is 6.10 Å². The van der Waals surface area contributed by atoms with Crippen LogP contribution in [0.15, 0.2) is 255 Å². The van der Waals surface area contributed by atoms with Gasteiger partial charge in [-0.15, -0.1) is 0 Å². The number of carbonyl (C=O) groups excluding carboxylic acids is 2. The van der Waals surface area contributed by atoms with Gasteiger partial charge in [-0.05, 0) is 173 Å². The lowest BCUT2D eigenvalue weighted by atomic mass is 10.1. The van der Waals surface area contributed by atoms with Gasteiger partial charge in [0, 0.05) is 12.8 Å². The predicted octanol–water partition coefficient (Wildman–Crippen LogP) is 25.4. The van der Waals surface area contributed by atoms with Crippen LogP contribution in [0, 0.1) is 0 Å². The molecule has 0 aromatic carbocycles. The fourth-order valence-corrected chi connectivity index (χ4v) is 9.46. The molecular weight excluding hydrogens is 1250 g/mol. The van der Waals surface area contributed by atoms with E-state index < -0.39 is 24.3 Å². The molecule has 101 heavy (non-hydrogen) atoms. The van der Waals surface area contributed by atoms with Crippen molar-refractivity contribution in [2.24, 2.45) is 0 Å². The van der Waals surface area contributed by atoms with Crippen LogP contribution in [0.3, 0.4) is 0 Å². The molecule has 1 N–H and O–H groups in total. The van der Waals surface area contributed by atoms with E-state index in [0.717, 1.165) is 205 Å². The summed E-state index contributed by atoms with van der Waals surface area (Å²) in [6, 6.07) is 0. The minimum Gasteiger partial charge on any atom is -0.477 e. The first-order valence-corrected chi connectivity index (χ1v) is 38.8.